The first-order valence-corrected chi connectivity index (χ1v) is 6.69. The minimum absolute atomic E-state index is 0.000296. The lowest BCUT2D eigenvalue weighted by molar-refractivity contribution is -0.115. The van der Waals surface area contributed by atoms with Gasteiger partial charge in [-0.15, -0.1) is 0 Å². The van der Waals surface area contributed by atoms with Crippen LogP contribution in [-0.2, 0) is 9.47 Å². The Morgan fingerprint density at radius 2 is 1.81 bits per heavy atom. The fourth-order valence-corrected chi connectivity index (χ4v) is 3.17. The minimum atomic E-state index is 0.000296. The summed E-state index contributed by atoms with van der Waals surface area (Å²) in [4.78, 5) is 0. The molecule has 16 heavy (non-hydrogen) atoms. The summed E-state index contributed by atoms with van der Waals surface area (Å²) < 4.78 is 11.8. The topological polar surface area (TPSA) is 44.5 Å². The smallest absolute Gasteiger partial charge is 0.0807 e. The Kier molecular flexibility index (Phi) is 4.22. The van der Waals surface area contributed by atoms with Crippen LogP contribution in [0.3, 0.4) is 0 Å². The van der Waals surface area contributed by atoms with Crippen LogP contribution in [0.1, 0.15) is 51.4 Å². The van der Waals surface area contributed by atoms with E-state index in [1.165, 1.54) is 32.1 Å². The van der Waals surface area contributed by atoms with Gasteiger partial charge in [0.15, 0.2) is 0 Å². The average molecular weight is 227 g/mol. The molecule has 0 amide bonds. The molecule has 0 radical (unpaired) electrons. The molecule has 2 saturated carbocycles. The van der Waals surface area contributed by atoms with E-state index in [-0.39, 0.29) is 5.60 Å². The maximum Gasteiger partial charge on any atom is 0.0807 e. The quantitative estimate of drug-likeness (QED) is 0.801. The molecule has 94 valence electrons. The van der Waals surface area contributed by atoms with Crippen molar-refractivity contribution in [2.45, 2.75) is 69.2 Å². The SMILES string of the molecule is COC1CCCC(OC2(CN)CCCC2)C1. The van der Waals surface area contributed by atoms with Gasteiger partial charge < -0.3 is 15.2 Å². The van der Waals surface area contributed by atoms with Crippen LogP contribution < -0.4 is 5.73 Å². The molecule has 3 nitrogen and oxygen atoms in total. The van der Waals surface area contributed by atoms with E-state index in [2.05, 4.69) is 0 Å². The first-order valence-electron chi connectivity index (χ1n) is 6.69. The summed E-state index contributed by atoms with van der Waals surface area (Å²) in [6.45, 7) is 0.682. The predicted octanol–water partition coefficient (Wildman–Crippen LogP) is 2.23. The monoisotopic (exact) mass is 227 g/mol. The van der Waals surface area contributed by atoms with E-state index >= 15 is 0 Å². The highest BCUT2D eigenvalue weighted by Gasteiger charge is 2.37. The zero-order valence-corrected chi connectivity index (χ0v) is 10.4. The Balaban J connectivity index is 1.87. The van der Waals surface area contributed by atoms with Crippen LogP contribution in [-0.4, -0.2) is 31.5 Å². The lowest BCUT2D eigenvalue weighted by Gasteiger charge is -2.36. The van der Waals surface area contributed by atoms with Gasteiger partial charge in [-0.3, -0.25) is 0 Å². The van der Waals surface area contributed by atoms with Gasteiger partial charge in [-0.25, -0.2) is 0 Å². The summed E-state index contributed by atoms with van der Waals surface area (Å²) in [5.74, 6) is 0. The van der Waals surface area contributed by atoms with Crippen molar-refractivity contribution in [1.29, 1.82) is 0 Å². The van der Waals surface area contributed by atoms with Gasteiger partial charge in [0.2, 0.25) is 0 Å². The number of ether oxygens (including phenoxy) is 2. The Hall–Kier alpha value is -0.120. The molecule has 2 rings (SSSR count). The summed E-state index contributed by atoms with van der Waals surface area (Å²) in [6, 6.07) is 0. The van der Waals surface area contributed by atoms with Crippen molar-refractivity contribution in [2.75, 3.05) is 13.7 Å². The summed E-state index contributed by atoms with van der Waals surface area (Å²) in [5, 5.41) is 0. The summed E-state index contributed by atoms with van der Waals surface area (Å²) in [5.41, 5.74) is 5.90. The van der Waals surface area contributed by atoms with Gasteiger partial charge in [0, 0.05) is 13.7 Å². The molecular formula is C13H25NO2. The normalized spacial score (nSPS) is 34.1. The van der Waals surface area contributed by atoms with Gasteiger partial charge in [-0.05, 0) is 38.5 Å². The van der Waals surface area contributed by atoms with E-state index in [0.29, 0.717) is 18.8 Å². The Labute approximate surface area is 98.7 Å². The van der Waals surface area contributed by atoms with Crippen molar-refractivity contribution in [3.63, 3.8) is 0 Å². The summed E-state index contributed by atoms with van der Waals surface area (Å²) in [7, 11) is 1.81. The highest BCUT2D eigenvalue weighted by atomic mass is 16.5. The fourth-order valence-electron chi connectivity index (χ4n) is 3.17. The average Bonchev–Trinajstić information content (AvgIpc) is 2.78. The van der Waals surface area contributed by atoms with E-state index in [1.54, 1.807) is 7.11 Å². The van der Waals surface area contributed by atoms with E-state index in [0.717, 1.165) is 19.3 Å². The largest absolute Gasteiger partial charge is 0.381 e. The maximum atomic E-state index is 6.32. The van der Waals surface area contributed by atoms with Crippen molar-refractivity contribution in [2.24, 2.45) is 5.73 Å². The van der Waals surface area contributed by atoms with Gasteiger partial charge in [0.25, 0.3) is 0 Å². The number of rotatable bonds is 4. The fraction of sp³-hybridized carbons (Fsp3) is 1.00. The van der Waals surface area contributed by atoms with Crippen molar-refractivity contribution in [3.8, 4) is 0 Å². The standard InChI is InChI=1S/C13H25NO2/c1-15-11-5-4-6-12(9-11)16-13(10-14)7-2-3-8-13/h11-12H,2-10,14H2,1H3. The highest BCUT2D eigenvalue weighted by Crippen LogP contribution is 2.36. The zero-order valence-electron chi connectivity index (χ0n) is 10.4. The van der Waals surface area contributed by atoms with Gasteiger partial charge in [-0.1, -0.05) is 12.8 Å². The molecule has 2 aliphatic rings. The van der Waals surface area contributed by atoms with Crippen LogP contribution in [0.2, 0.25) is 0 Å². The number of hydrogen-bond acceptors (Lipinski definition) is 3. The van der Waals surface area contributed by atoms with Gasteiger partial charge in [0.1, 0.15) is 0 Å². The van der Waals surface area contributed by atoms with E-state index in [9.17, 15) is 0 Å². The second-order valence-electron chi connectivity index (χ2n) is 5.36. The number of hydrogen-bond donors (Lipinski definition) is 1. The van der Waals surface area contributed by atoms with Crippen LogP contribution in [0.5, 0.6) is 0 Å². The first kappa shape index (κ1) is 12.3. The predicted molar refractivity (Wildman–Crippen MR) is 64.4 cm³/mol. The third kappa shape index (κ3) is 2.76. The zero-order chi connectivity index (χ0) is 11.4. The molecule has 0 saturated heterocycles. The second-order valence-corrected chi connectivity index (χ2v) is 5.36. The van der Waals surface area contributed by atoms with Crippen LogP contribution in [0.4, 0.5) is 0 Å². The third-order valence-corrected chi connectivity index (χ3v) is 4.21. The third-order valence-electron chi connectivity index (χ3n) is 4.21. The molecule has 0 aliphatic heterocycles. The molecule has 2 aliphatic carbocycles. The van der Waals surface area contributed by atoms with Crippen molar-refractivity contribution in [3.05, 3.63) is 0 Å². The van der Waals surface area contributed by atoms with Crippen molar-refractivity contribution in [1.82, 2.24) is 0 Å². The molecule has 2 atom stereocenters. The molecule has 2 N–H and O–H groups in total. The molecule has 0 aromatic carbocycles. The van der Waals surface area contributed by atoms with E-state index < -0.39 is 0 Å². The first-order chi connectivity index (χ1) is 7.78. The summed E-state index contributed by atoms with van der Waals surface area (Å²) >= 11 is 0. The summed E-state index contributed by atoms with van der Waals surface area (Å²) in [6.07, 6.45) is 10.3. The number of nitrogens with two attached hydrogens (primary N) is 1. The molecular weight excluding hydrogens is 202 g/mol. The van der Waals surface area contributed by atoms with Crippen LogP contribution >= 0.6 is 0 Å². The lowest BCUT2D eigenvalue weighted by Crippen LogP contribution is -2.43. The maximum absolute atomic E-state index is 6.32. The Morgan fingerprint density at radius 3 is 2.44 bits per heavy atom. The molecule has 3 heteroatoms. The highest BCUT2D eigenvalue weighted by molar-refractivity contribution is 4.89. The van der Waals surface area contributed by atoms with Gasteiger partial charge in [-0.2, -0.15) is 0 Å². The molecule has 0 heterocycles. The second kappa shape index (κ2) is 5.48. The van der Waals surface area contributed by atoms with Crippen LogP contribution in [0.25, 0.3) is 0 Å². The van der Waals surface area contributed by atoms with Crippen molar-refractivity contribution >= 4 is 0 Å². The van der Waals surface area contributed by atoms with E-state index in [4.69, 9.17) is 15.2 Å². The van der Waals surface area contributed by atoms with Crippen molar-refractivity contribution < 1.29 is 9.47 Å². The molecule has 0 spiro atoms. The van der Waals surface area contributed by atoms with E-state index in [1.807, 2.05) is 0 Å². The van der Waals surface area contributed by atoms with Gasteiger partial charge >= 0.3 is 0 Å². The molecule has 2 unspecified atom stereocenters. The van der Waals surface area contributed by atoms with Crippen LogP contribution in [0.15, 0.2) is 0 Å². The minimum Gasteiger partial charge on any atom is -0.381 e. The molecule has 0 bridgehead atoms. The lowest BCUT2D eigenvalue weighted by atomic mass is 9.93. The number of methoxy groups -OCH3 is 1. The molecule has 0 aromatic rings. The Morgan fingerprint density at radius 1 is 1.12 bits per heavy atom. The van der Waals surface area contributed by atoms with Crippen LogP contribution in [0, 0.1) is 0 Å². The Bertz CT molecular complexity index is 214. The molecule has 0 aromatic heterocycles. The van der Waals surface area contributed by atoms with Gasteiger partial charge in [0.05, 0.1) is 17.8 Å². The molecule has 2 fully saturated rings.